The largest absolute Gasteiger partial charge is 0.416 e. The van der Waals surface area contributed by atoms with E-state index in [4.69, 9.17) is 5.73 Å². The lowest BCUT2D eigenvalue weighted by Crippen LogP contribution is -2.56. The van der Waals surface area contributed by atoms with Crippen molar-refractivity contribution in [3.05, 3.63) is 23.4 Å². The molecule has 0 radical (unpaired) electrons. The van der Waals surface area contributed by atoms with Crippen molar-refractivity contribution in [2.24, 2.45) is 5.73 Å². The normalized spacial score (nSPS) is 17.4. The molecule has 0 bridgehead atoms. The van der Waals surface area contributed by atoms with E-state index in [-0.39, 0.29) is 6.04 Å². The van der Waals surface area contributed by atoms with Crippen LogP contribution in [0.4, 0.5) is 19.0 Å². The summed E-state index contributed by atoms with van der Waals surface area (Å²) in [7, 11) is 0. The molecule has 0 saturated carbocycles. The predicted molar refractivity (Wildman–Crippen MR) is 54.2 cm³/mol. The quantitative estimate of drug-likeness (QED) is 0.797. The van der Waals surface area contributed by atoms with Gasteiger partial charge in [-0.1, -0.05) is 0 Å². The van der Waals surface area contributed by atoms with Crippen LogP contribution >= 0.6 is 0 Å². The number of nitrogens with zero attached hydrogens (tertiary/aromatic N) is 2. The highest BCUT2D eigenvalue weighted by Crippen LogP contribution is 2.32. The van der Waals surface area contributed by atoms with Gasteiger partial charge >= 0.3 is 6.18 Å². The lowest BCUT2D eigenvalue weighted by molar-refractivity contribution is -0.137. The van der Waals surface area contributed by atoms with Gasteiger partial charge in [0.15, 0.2) is 0 Å². The van der Waals surface area contributed by atoms with Crippen LogP contribution in [-0.4, -0.2) is 24.1 Å². The van der Waals surface area contributed by atoms with Gasteiger partial charge in [0.2, 0.25) is 0 Å². The van der Waals surface area contributed by atoms with Gasteiger partial charge in [0.05, 0.1) is 5.56 Å². The Bertz CT molecular complexity index is 397. The van der Waals surface area contributed by atoms with Crippen molar-refractivity contribution < 1.29 is 13.2 Å². The van der Waals surface area contributed by atoms with Gasteiger partial charge in [0, 0.05) is 24.8 Å². The minimum Gasteiger partial charge on any atom is -0.353 e. The Hall–Kier alpha value is -1.30. The van der Waals surface area contributed by atoms with Gasteiger partial charge in [-0.3, -0.25) is 0 Å². The molecule has 88 valence electrons. The predicted octanol–water partition coefficient (Wildman–Crippen LogP) is 1.56. The van der Waals surface area contributed by atoms with Crippen LogP contribution in [0.1, 0.15) is 11.3 Å². The summed E-state index contributed by atoms with van der Waals surface area (Å²) in [5, 5.41) is 0. The molecule has 6 heteroatoms. The molecule has 1 aromatic rings. The van der Waals surface area contributed by atoms with E-state index in [0.29, 0.717) is 24.6 Å². The second-order valence-corrected chi connectivity index (χ2v) is 4.02. The molecule has 2 rings (SSSR count). The van der Waals surface area contributed by atoms with E-state index in [1.165, 1.54) is 0 Å². The topological polar surface area (TPSA) is 42.1 Å². The molecule has 0 amide bonds. The molecule has 0 unspecified atom stereocenters. The number of rotatable bonds is 1. The summed E-state index contributed by atoms with van der Waals surface area (Å²) in [4.78, 5) is 5.82. The molecule has 0 aromatic carbocycles. The van der Waals surface area contributed by atoms with Crippen LogP contribution in [-0.2, 0) is 6.18 Å². The van der Waals surface area contributed by atoms with Crippen LogP contribution in [0.15, 0.2) is 12.1 Å². The van der Waals surface area contributed by atoms with Crippen molar-refractivity contribution in [1.29, 1.82) is 0 Å². The van der Waals surface area contributed by atoms with Gasteiger partial charge in [0.1, 0.15) is 5.82 Å². The van der Waals surface area contributed by atoms with Crippen LogP contribution in [0.3, 0.4) is 0 Å². The number of aryl methyl sites for hydroxylation is 1. The van der Waals surface area contributed by atoms with E-state index < -0.39 is 11.7 Å². The number of hydrogen-bond donors (Lipinski definition) is 1. The lowest BCUT2D eigenvalue weighted by atomic mass is 10.1. The first kappa shape index (κ1) is 11.2. The first-order valence-corrected chi connectivity index (χ1v) is 4.92. The zero-order chi connectivity index (χ0) is 11.9. The zero-order valence-electron chi connectivity index (χ0n) is 8.75. The summed E-state index contributed by atoms with van der Waals surface area (Å²) in [6, 6.07) is 2.15. The standard InChI is InChI=1S/C10H12F3N3/c1-6-2-7(10(11,12)13)3-9(15-6)16-4-8(14)5-16/h2-3,8H,4-5,14H2,1H3. The average Bonchev–Trinajstić information content (AvgIpc) is 2.10. The second kappa shape index (κ2) is 3.62. The van der Waals surface area contributed by atoms with E-state index in [1.54, 1.807) is 11.8 Å². The van der Waals surface area contributed by atoms with Crippen molar-refractivity contribution in [1.82, 2.24) is 4.98 Å². The summed E-state index contributed by atoms with van der Waals surface area (Å²) in [5.41, 5.74) is 5.29. The Balaban J connectivity index is 2.30. The Morgan fingerprint density at radius 2 is 2.00 bits per heavy atom. The number of aromatic nitrogens is 1. The van der Waals surface area contributed by atoms with Gasteiger partial charge < -0.3 is 10.6 Å². The molecular formula is C10H12F3N3. The first-order valence-electron chi connectivity index (χ1n) is 4.92. The number of alkyl halides is 3. The second-order valence-electron chi connectivity index (χ2n) is 4.02. The Morgan fingerprint density at radius 3 is 2.50 bits per heavy atom. The van der Waals surface area contributed by atoms with E-state index in [0.717, 1.165) is 12.1 Å². The fraction of sp³-hybridized carbons (Fsp3) is 0.500. The molecule has 1 saturated heterocycles. The fourth-order valence-electron chi connectivity index (χ4n) is 1.68. The molecule has 0 atom stereocenters. The number of anilines is 1. The van der Waals surface area contributed by atoms with E-state index in [9.17, 15) is 13.2 Å². The fourth-order valence-corrected chi connectivity index (χ4v) is 1.68. The van der Waals surface area contributed by atoms with Crippen LogP contribution in [0.5, 0.6) is 0 Å². The summed E-state index contributed by atoms with van der Waals surface area (Å²) < 4.78 is 37.6. The number of pyridine rings is 1. The summed E-state index contributed by atoms with van der Waals surface area (Å²) in [6.07, 6.45) is -4.32. The zero-order valence-corrected chi connectivity index (χ0v) is 8.75. The molecule has 2 N–H and O–H groups in total. The molecule has 1 aromatic heterocycles. The Kier molecular flexibility index (Phi) is 2.53. The maximum Gasteiger partial charge on any atom is 0.416 e. The van der Waals surface area contributed by atoms with Gasteiger partial charge in [0.25, 0.3) is 0 Å². The monoisotopic (exact) mass is 231 g/mol. The van der Waals surface area contributed by atoms with Crippen molar-refractivity contribution in [2.75, 3.05) is 18.0 Å². The van der Waals surface area contributed by atoms with E-state index in [1.807, 2.05) is 0 Å². The van der Waals surface area contributed by atoms with Crippen molar-refractivity contribution >= 4 is 5.82 Å². The van der Waals surface area contributed by atoms with Gasteiger partial charge in [-0.25, -0.2) is 4.98 Å². The van der Waals surface area contributed by atoms with E-state index in [2.05, 4.69) is 4.98 Å². The van der Waals surface area contributed by atoms with Crippen LogP contribution < -0.4 is 10.6 Å². The molecular weight excluding hydrogens is 219 g/mol. The van der Waals surface area contributed by atoms with Gasteiger partial charge in [-0.05, 0) is 19.1 Å². The lowest BCUT2D eigenvalue weighted by Gasteiger charge is -2.38. The molecule has 16 heavy (non-hydrogen) atoms. The van der Waals surface area contributed by atoms with Crippen molar-refractivity contribution in [2.45, 2.75) is 19.1 Å². The molecule has 1 aliphatic heterocycles. The van der Waals surface area contributed by atoms with E-state index >= 15 is 0 Å². The van der Waals surface area contributed by atoms with Crippen LogP contribution in [0.2, 0.25) is 0 Å². The van der Waals surface area contributed by atoms with Gasteiger partial charge in [-0.15, -0.1) is 0 Å². The third-order valence-corrected chi connectivity index (χ3v) is 2.50. The highest BCUT2D eigenvalue weighted by Gasteiger charge is 2.33. The number of nitrogens with two attached hydrogens (primary N) is 1. The third kappa shape index (κ3) is 2.11. The highest BCUT2D eigenvalue weighted by molar-refractivity contribution is 5.46. The molecule has 2 heterocycles. The van der Waals surface area contributed by atoms with Crippen LogP contribution in [0.25, 0.3) is 0 Å². The van der Waals surface area contributed by atoms with Crippen LogP contribution in [0, 0.1) is 6.92 Å². The average molecular weight is 231 g/mol. The summed E-state index contributed by atoms with van der Waals surface area (Å²) in [5.74, 6) is 0.356. The minimum absolute atomic E-state index is 0.0386. The minimum atomic E-state index is -4.32. The summed E-state index contributed by atoms with van der Waals surface area (Å²) in [6.45, 7) is 2.68. The summed E-state index contributed by atoms with van der Waals surface area (Å²) >= 11 is 0. The molecule has 1 fully saturated rings. The van der Waals surface area contributed by atoms with Gasteiger partial charge in [-0.2, -0.15) is 13.2 Å². The maximum absolute atomic E-state index is 12.5. The number of halogens is 3. The smallest absolute Gasteiger partial charge is 0.353 e. The molecule has 1 aliphatic rings. The van der Waals surface area contributed by atoms with Crippen molar-refractivity contribution in [3.63, 3.8) is 0 Å². The maximum atomic E-state index is 12.5. The number of hydrogen-bond acceptors (Lipinski definition) is 3. The van der Waals surface area contributed by atoms with Crippen molar-refractivity contribution in [3.8, 4) is 0 Å². The third-order valence-electron chi connectivity index (χ3n) is 2.50. The SMILES string of the molecule is Cc1cc(C(F)(F)F)cc(N2CC(N)C2)n1. The highest BCUT2D eigenvalue weighted by atomic mass is 19.4. The Labute approximate surface area is 91.1 Å². The molecule has 0 spiro atoms. The molecule has 3 nitrogen and oxygen atoms in total. The first-order chi connectivity index (χ1) is 7.36. The Morgan fingerprint density at radius 1 is 1.38 bits per heavy atom. The molecule has 0 aliphatic carbocycles.